The van der Waals surface area contributed by atoms with Crippen LogP contribution in [0.2, 0.25) is 18.1 Å². The minimum absolute atomic E-state index is 0.0184. The van der Waals surface area contributed by atoms with Gasteiger partial charge in [0.2, 0.25) is 0 Å². The minimum Gasteiger partial charge on any atom is -0.461 e. The van der Waals surface area contributed by atoms with Crippen molar-refractivity contribution in [2.24, 2.45) is 11.8 Å². The third-order valence-electron chi connectivity index (χ3n) is 6.45. The van der Waals surface area contributed by atoms with Crippen LogP contribution in [0.15, 0.2) is 11.6 Å². The van der Waals surface area contributed by atoms with E-state index in [4.69, 9.17) is 18.6 Å². The molecule has 148 valence electrons. The molecule has 0 aromatic rings. The lowest BCUT2D eigenvalue weighted by molar-refractivity contribution is -0.160. The summed E-state index contributed by atoms with van der Waals surface area (Å²) in [4.78, 5) is 11.3. The van der Waals surface area contributed by atoms with Gasteiger partial charge in [-0.15, -0.1) is 0 Å². The Balaban J connectivity index is 1.83. The topological polar surface area (TPSA) is 54.0 Å². The SMILES string of the molecule is CC(=O)OCC1=C[C@H](O[Si](C)(C)C(C)(C)C)[C@@H]2C[C@H]3OC(C)(C)O[C@H]3[C@H]12. The molecule has 1 heterocycles. The fourth-order valence-corrected chi connectivity index (χ4v) is 5.52. The molecule has 1 aliphatic heterocycles. The zero-order valence-corrected chi connectivity index (χ0v) is 18.4. The molecule has 0 radical (unpaired) electrons. The van der Waals surface area contributed by atoms with Crippen LogP contribution in [0.1, 0.15) is 48.0 Å². The van der Waals surface area contributed by atoms with Crippen LogP contribution in [0.3, 0.4) is 0 Å². The number of rotatable bonds is 4. The van der Waals surface area contributed by atoms with Crippen LogP contribution >= 0.6 is 0 Å². The monoisotopic (exact) mass is 382 g/mol. The van der Waals surface area contributed by atoms with Crippen molar-refractivity contribution in [3.63, 3.8) is 0 Å². The molecule has 0 bridgehead atoms. The van der Waals surface area contributed by atoms with Crippen LogP contribution in [0, 0.1) is 11.8 Å². The van der Waals surface area contributed by atoms with E-state index in [2.05, 4.69) is 39.9 Å². The Hall–Kier alpha value is -0.693. The molecular weight excluding hydrogens is 348 g/mol. The number of ether oxygens (including phenoxy) is 3. The maximum absolute atomic E-state index is 11.3. The highest BCUT2D eigenvalue weighted by Crippen LogP contribution is 2.53. The molecule has 26 heavy (non-hydrogen) atoms. The zero-order valence-electron chi connectivity index (χ0n) is 17.4. The van der Waals surface area contributed by atoms with Crippen LogP contribution < -0.4 is 0 Å². The van der Waals surface area contributed by atoms with E-state index in [1.165, 1.54) is 6.92 Å². The maximum atomic E-state index is 11.3. The van der Waals surface area contributed by atoms with Crippen molar-refractivity contribution < 1.29 is 23.4 Å². The molecule has 3 rings (SSSR count). The minimum atomic E-state index is -1.90. The number of esters is 1. The predicted molar refractivity (Wildman–Crippen MR) is 102 cm³/mol. The van der Waals surface area contributed by atoms with Crippen LogP contribution in [0.4, 0.5) is 0 Å². The molecule has 0 aromatic carbocycles. The van der Waals surface area contributed by atoms with Gasteiger partial charge in [0.25, 0.3) is 0 Å². The van der Waals surface area contributed by atoms with Gasteiger partial charge in [-0.25, -0.2) is 0 Å². The summed E-state index contributed by atoms with van der Waals surface area (Å²) >= 11 is 0. The van der Waals surface area contributed by atoms with E-state index < -0.39 is 14.1 Å². The highest BCUT2D eigenvalue weighted by Gasteiger charge is 2.59. The van der Waals surface area contributed by atoms with E-state index >= 15 is 0 Å². The lowest BCUT2D eigenvalue weighted by Crippen LogP contribution is -2.45. The van der Waals surface area contributed by atoms with Crippen molar-refractivity contribution in [2.75, 3.05) is 6.61 Å². The fourth-order valence-electron chi connectivity index (χ4n) is 4.25. The van der Waals surface area contributed by atoms with E-state index in [0.717, 1.165) is 12.0 Å². The summed E-state index contributed by atoms with van der Waals surface area (Å²) in [6.07, 6.45) is 3.28. The smallest absolute Gasteiger partial charge is 0.302 e. The first-order valence-corrected chi connectivity index (χ1v) is 12.6. The zero-order chi connectivity index (χ0) is 19.5. The lowest BCUT2D eigenvalue weighted by atomic mass is 9.92. The third-order valence-corrected chi connectivity index (χ3v) is 10.9. The molecule has 3 aliphatic rings. The van der Waals surface area contributed by atoms with Gasteiger partial charge in [-0.3, -0.25) is 4.79 Å². The Morgan fingerprint density at radius 1 is 1.31 bits per heavy atom. The highest BCUT2D eigenvalue weighted by atomic mass is 28.4. The van der Waals surface area contributed by atoms with E-state index in [0.29, 0.717) is 12.5 Å². The van der Waals surface area contributed by atoms with Crippen molar-refractivity contribution in [3.05, 3.63) is 11.6 Å². The summed E-state index contributed by atoms with van der Waals surface area (Å²) in [7, 11) is -1.90. The molecule has 1 saturated carbocycles. The van der Waals surface area contributed by atoms with Gasteiger partial charge < -0.3 is 18.6 Å². The largest absolute Gasteiger partial charge is 0.461 e. The summed E-state index contributed by atoms with van der Waals surface area (Å²) in [5, 5.41) is 0.151. The first-order chi connectivity index (χ1) is 11.8. The summed E-state index contributed by atoms with van der Waals surface area (Å²) < 4.78 is 24.4. The fraction of sp³-hybridized carbons (Fsp3) is 0.850. The standard InChI is InChI=1S/C20H34O5Si/c1-12(21)22-11-13-9-15(25-26(7,8)19(2,3)4)14-10-16-18(17(13)14)24-20(5,6)23-16/h9,14-18H,10-11H2,1-8H3/t14-,15-,16+,17+,18+/m0/s1. The molecule has 1 saturated heterocycles. The van der Waals surface area contributed by atoms with E-state index in [1.807, 2.05) is 13.8 Å². The molecule has 0 unspecified atom stereocenters. The predicted octanol–water partition coefficient (Wildman–Crippen LogP) is 4.04. The van der Waals surface area contributed by atoms with Crippen molar-refractivity contribution >= 4 is 14.3 Å². The molecule has 5 nitrogen and oxygen atoms in total. The second-order valence-electron chi connectivity index (χ2n) is 9.93. The Bertz CT molecular complexity index is 604. The lowest BCUT2D eigenvalue weighted by Gasteiger charge is -2.39. The summed E-state index contributed by atoms with van der Waals surface area (Å²) in [6, 6.07) is 0. The van der Waals surface area contributed by atoms with Gasteiger partial charge in [-0.2, -0.15) is 0 Å². The van der Waals surface area contributed by atoms with Crippen molar-refractivity contribution in [1.29, 1.82) is 0 Å². The van der Waals surface area contributed by atoms with Crippen molar-refractivity contribution in [1.82, 2.24) is 0 Å². The van der Waals surface area contributed by atoms with Gasteiger partial charge in [0.15, 0.2) is 14.1 Å². The van der Waals surface area contributed by atoms with Crippen molar-refractivity contribution in [3.8, 4) is 0 Å². The van der Waals surface area contributed by atoms with E-state index in [1.54, 1.807) is 0 Å². The van der Waals surface area contributed by atoms with Gasteiger partial charge >= 0.3 is 5.97 Å². The molecule has 0 spiro atoms. The van der Waals surface area contributed by atoms with Gasteiger partial charge in [-0.05, 0) is 49.9 Å². The summed E-state index contributed by atoms with van der Waals surface area (Å²) in [6.45, 7) is 17.0. The molecule has 5 atom stereocenters. The van der Waals surface area contributed by atoms with Crippen LogP contribution in [0.5, 0.6) is 0 Å². The first kappa shape index (κ1) is 20.1. The Morgan fingerprint density at radius 3 is 2.54 bits per heavy atom. The number of hydrogen-bond acceptors (Lipinski definition) is 5. The average molecular weight is 383 g/mol. The molecular formula is C20H34O5Si. The second kappa shape index (κ2) is 6.43. The Labute approximate surface area is 158 Å². The average Bonchev–Trinajstić information content (AvgIpc) is 3.03. The molecule has 0 N–H and O–H groups in total. The highest BCUT2D eigenvalue weighted by molar-refractivity contribution is 6.74. The van der Waals surface area contributed by atoms with Crippen LogP contribution in [-0.2, 0) is 23.4 Å². The van der Waals surface area contributed by atoms with Gasteiger partial charge in [-0.1, -0.05) is 26.8 Å². The normalized spacial score (nSPS) is 35.8. The van der Waals surface area contributed by atoms with Crippen LogP contribution in [0.25, 0.3) is 0 Å². The summed E-state index contributed by atoms with van der Waals surface area (Å²) in [5.74, 6) is -0.267. The number of hydrogen-bond donors (Lipinski definition) is 0. The van der Waals surface area contributed by atoms with Gasteiger partial charge in [0.05, 0.1) is 18.3 Å². The van der Waals surface area contributed by atoms with Gasteiger partial charge in [0.1, 0.15) is 6.61 Å². The molecule has 2 fully saturated rings. The van der Waals surface area contributed by atoms with Crippen molar-refractivity contribution in [2.45, 2.75) is 90.2 Å². The summed E-state index contributed by atoms with van der Waals surface area (Å²) in [5.41, 5.74) is 1.13. The number of fused-ring (bicyclic) bond motifs is 3. The third kappa shape index (κ3) is 3.66. The molecule has 0 amide bonds. The van der Waals surface area contributed by atoms with E-state index in [-0.39, 0.29) is 35.2 Å². The van der Waals surface area contributed by atoms with Gasteiger partial charge in [0, 0.05) is 12.8 Å². The molecule has 6 heteroatoms. The quantitative estimate of drug-likeness (QED) is 0.417. The van der Waals surface area contributed by atoms with Crippen LogP contribution in [-0.4, -0.2) is 45.0 Å². The number of carbonyl (C=O) groups is 1. The maximum Gasteiger partial charge on any atom is 0.302 e. The first-order valence-electron chi connectivity index (χ1n) is 9.68. The Morgan fingerprint density at radius 2 is 1.96 bits per heavy atom. The number of carbonyl (C=O) groups excluding carboxylic acids is 1. The molecule has 0 aromatic heterocycles. The van der Waals surface area contributed by atoms with E-state index in [9.17, 15) is 4.79 Å². The Kier molecular flexibility index (Phi) is 4.96. The molecule has 2 aliphatic carbocycles. The second-order valence-corrected chi connectivity index (χ2v) is 14.7.